The molecule has 5 atom stereocenters. The second-order valence-electron chi connectivity index (χ2n) is 13.1. The molecule has 0 radical (unpaired) electrons. The fourth-order valence-electron chi connectivity index (χ4n) is 6.64. The maximum Gasteiger partial charge on any atom is 0.222 e. The van der Waals surface area contributed by atoms with Gasteiger partial charge in [-0.2, -0.15) is 0 Å². The van der Waals surface area contributed by atoms with E-state index in [9.17, 15) is 19.8 Å². The van der Waals surface area contributed by atoms with Gasteiger partial charge < -0.3 is 40.9 Å². The Hall–Kier alpha value is -2.02. The molecule has 4 aliphatic rings. The van der Waals surface area contributed by atoms with Crippen molar-refractivity contribution < 1.29 is 30.0 Å². The molecule has 2 aromatic rings. The SMILES string of the molecule is CC.CCC1CNC(c2c(O)ccc(Cl)c2Cl)C1.O=C(CC1CNC(c2c(O)ccc(Cl)c2Cl)C1)N1CC(CO)C1.O=CN1CCCC(O)C1. The van der Waals surface area contributed by atoms with E-state index in [4.69, 9.17) is 56.6 Å². The minimum Gasteiger partial charge on any atom is -0.508 e. The van der Waals surface area contributed by atoms with Crippen LogP contribution in [0.25, 0.3) is 0 Å². The number of aliphatic hydroxyl groups excluding tert-OH is 2. The second-order valence-corrected chi connectivity index (χ2v) is 14.6. The van der Waals surface area contributed by atoms with Crippen molar-refractivity contribution in [3.8, 4) is 11.5 Å². The molecule has 4 fully saturated rings. The fourth-order valence-corrected chi connectivity index (χ4v) is 7.56. The molecule has 5 unspecified atom stereocenters. The zero-order chi connectivity index (χ0) is 37.0. The lowest BCUT2D eigenvalue weighted by Crippen LogP contribution is -2.51. The highest BCUT2D eigenvalue weighted by Crippen LogP contribution is 2.42. The molecule has 2 amide bonds. The van der Waals surface area contributed by atoms with Crippen molar-refractivity contribution in [2.45, 2.75) is 77.5 Å². The van der Waals surface area contributed by atoms with E-state index in [1.54, 1.807) is 34.1 Å². The molecular formula is C36H52Cl4N4O6. The number of aromatic hydroxyl groups is 2. The van der Waals surface area contributed by atoms with Gasteiger partial charge in [-0.15, -0.1) is 0 Å². The van der Waals surface area contributed by atoms with Crippen molar-refractivity contribution >= 4 is 58.7 Å². The summed E-state index contributed by atoms with van der Waals surface area (Å²) in [7, 11) is 0. The predicted octanol–water partition coefficient (Wildman–Crippen LogP) is 6.58. The summed E-state index contributed by atoms with van der Waals surface area (Å²) in [6, 6.07) is 6.36. The minimum absolute atomic E-state index is 0.0967. The maximum atomic E-state index is 12.2. The number of halogens is 4. The van der Waals surface area contributed by atoms with E-state index in [-0.39, 0.29) is 54.0 Å². The summed E-state index contributed by atoms with van der Waals surface area (Å²) in [5.41, 5.74) is 1.35. The van der Waals surface area contributed by atoms with Gasteiger partial charge in [0.25, 0.3) is 0 Å². The standard InChI is InChI=1S/C16H20Cl2N2O3.C12H15Cl2NO.C6H11NO2.C2H6/c17-11-1-2-13(22)15(16(11)18)12-3-9(5-19-12)4-14(23)20-6-10(7-20)8-21;1-2-7-5-9(15-6-7)11-10(16)4-3-8(13)12(11)14;8-5-7-3-1-2-6(9)4-7;1-2/h1-2,9-10,12,19,21-22H,3-8H2;3-4,7,9,15-16H,2,5-6H2,1H3;5-6,9H,1-4H2;1-2H3. The number of nitrogens with one attached hydrogen (secondary N) is 2. The first-order valence-electron chi connectivity index (χ1n) is 17.5. The van der Waals surface area contributed by atoms with Gasteiger partial charge in [-0.25, -0.2) is 0 Å². The smallest absolute Gasteiger partial charge is 0.222 e. The van der Waals surface area contributed by atoms with E-state index in [1.165, 1.54) is 0 Å². The number of nitrogens with zero attached hydrogens (tertiary/aromatic N) is 2. The van der Waals surface area contributed by atoms with Gasteiger partial charge in [0, 0.05) is 68.3 Å². The summed E-state index contributed by atoms with van der Waals surface area (Å²) in [6.45, 7) is 10.6. The number of rotatable bonds is 7. The van der Waals surface area contributed by atoms with Crippen molar-refractivity contribution in [2.75, 3.05) is 45.9 Å². The zero-order valence-corrected chi connectivity index (χ0v) is 32.1. The van der Waals surface area contributed by atoms with Gasteiger partial charge in [0.1, 0.15) is 11.5 Å². The van der Waals surface area contributed by atoms with E-state index in [0.717, 1.165) is 57.2 Å². The third-order valence-electron chi connectivity index (χ3n) is 9.55. The van der Waals surface area contributed by atoms with Crippen molar-refractivity contribution in [1.82, 2.24) is 20.4 Å². The van der Waals surface area contributed by atoms with Crippen LogP contribution in [0.1, 0.15) is 82.5 Å². The van der Waals surface area contributed by atoms with Crippen LogP contribution in [0, 0.1) is 17.8 Å². The van der Waals surface area contributed by atoms with E-state index >= 15 is 0 Å². The summed E-state index contributed by atoms with van der Waals surface area (Å²) in [5.74, 6) is 1.56. The average Bonchev–Trinajstić information content (AvgIpc) is 3.76. The van der Waals surface area contributed by atoms with E-state index in [0.29, 0.717) is 64.2 Å². The Morgan fingerprint density at radius 3 is 1.82 bits per heavy atom. The first kappa shape index (κ1) is 42.4. The number of aliphatic hydroxyl groups is 2. The maximum absolute atomic E-state index is 12.2. The average molecular weight is 779 g/mol. The molecule has 0 bridgehead atoms. The topological polar surface area (TPSA) is 146 Å². The Labute approximate surface area is 316 Å². The van der Waals surface area contributed by atoms with Crippen LogP contribution in [0.15, 0.2) is 24.3 Å². The number of phenolic OH excluding ortho intramolecular Hbond substituents is 2. The molecule has 50 heavy (non-hydrogen) atoms. The van der Waals surface area contributed by atoms with Crippen molar-refractivity contribution in [2.24, 2.45) is 17.8 Å². The van der Waals surface area contributed by atoms with Crippen LogP contribution in [0.5, 0.6) is 11.5 Å². The van der Waals surface area contributed by atoms with Crippen LogP contribution in [-0.4, -0.2) is 94.5 Å². The normalized spacial score (nSPS) is 24.5. The number of phenols is 2. The van der Waals surface area contributed by atoms with Crippen molar-refractivity contribution in [3.05, 3.63) is 55.5 Å². The first-order valence-corrected chi connectivity index (χ1v) is 19.0. The molecule has 0 aliphatic carbocycles. The van der Waals surface area contributed by atoms with Gasteiger partial charge in [-0.1, -0.05) is 73.6 Å². The first-order chi connectivity index (χ1) is 23.9. The fraction of sp³-hybridized carbons (Fsp3) is 0.611. The van der Waals surface area contributed by atoms with E-state index in [2.05, 4.69) is 17.6 Å². The lowest BCUT2D eigenvalue weighted by Gasteiger charge is -2.38. The molecule has 0 spiro atoms. The Bertz CT molecular complexity index is 1400. The highest BCUT2D eigenvalue weighted by atomic mass is 35.5. The summed E-state index contributed by atoms with van der Waals surface area (Å²) in [6.07, 6.45) is 5.63. The van der Waals surface area contributed by atoms with Crippen LogP contribution in [0.2, 0.25) is 20.1 Å². The number of hydrogen-bond donors (Lipinski definition) is 6. The second kappa shape index (κ2) is 20.9. The number of likely N-dealkylation sites (tertiary alicyclic amines) is 2. The molecular weight excluding hydrogens is 726 g/mol. The molecule has 6 N–H and O–H groups in total. The Morgan fingerprint density at radius 1 is 0.860 bits per heavy atom. The molecule has 6 rings (SSSR count). The molecule has 280 valence electrons. The zero-order valence-electron chi connectivity index (χ0n) is 29.1. The Morgan fingerprint density at radius 2 is 1.38 bits per heavy atom. The van der Waals surface area contributed by atoms with Crippen molar-refractivity contribution in [1.29, 1.82) is 0 Å². The molecule has 4 aliphatic heterocycles. The van der Waals surface area contributed by atoms with Gasteiger partial charge in [-0.05, 0) is 74.9 Å². The summed E-state index contributed by atoms with van der Waals surface area (Å²) < 4.78 is 0. The lowest BCUT2D eigenvalue weighted by atomic mass is 9.94. The van der Waals surface area contributed by atoms with Crippen LogP contribution in [-0.2, 0) is 9.59 Å². The number of β-amino-alcohol motifs (C(OH)–C–C–N with tert-alkyl or cyclic N) is 1. The number of hydrogen-bond acceptors (Lipinski definition) is 8. The monoisotopic (exact) mass is 776 g/mol. The van der Waals surface area contributed by atoms with Gasteiger partial charge in [-0.3, -0.25) is 9.59 Å². The highest BCUT2D eigenvalue weighted by Gasteiger charge is 2.35. The summed E-state index contributed by atoms with van der Waals surface area (Å²) in [4.78, 5) is 25.7. The summed E-state index contributed by atoms with van der Waals surface area (Å²) >= 11 is 24.3. The number of piperidine rings is 1. The van der Waals surface area contributed by atoms with Gasteiger partial charge >= 0.3 is 0 Å². The molecule has 14 heteroatoms. The summed E-state index contributed by atoms with van der Waals surface area (Å²) in [5, 5.41) is 46.4. The van der Waals surface area contributed by atoms with Gasteiger partial charge in [0.15, 0.2) is 0 Å². The quantitative estimate of drug-likeness (QED) is 0.173. The van der Waals surface area contributed by atoms with E-state index < -0.39 is 0 Å². The Kier molecular flexibility index (Phi) is 17.7. The van der Waals surface area contributed by atoms with Crippen LogP contribution < -0.4 is 10.6 Å². The predicted molar refractivity (Wildman–Crippen MR) is 200 cm³/mol. The van der Waals surface area contributed by atoms with Gasteiger partial charge in [0.05, 0.1) is 26.2 Å². The lowest BCUT2D eigenvalue weighted by molar-refractivity contribution is -0.139. The van der Waals surface area contributed by atoms with E-state index in [1.807, 2.05) is 13.8 Å². The molecule has 4 saturated heterocycles. The van der Waals surface area contributed by atoms with Crippen LogP contribution >= 0.6 is 46.4 Å². The van der Waals surface area contributed by atoms with Crippen molar-refractivity contribution in [3.63, 3.8) is 0 Å². The Balaban J connectivity index is 0.000000217. The number of carbonyl (C=O) groups is 2. The minimum atomic E-state index is -0.288. The molecule has 4 heterocycles. The molecule has 0 aromatic heterocycles. The molecule has 2 aromatic carbocycles. The largest absolute Gasteiger partial charge is 0.508 e. The third kappa shape index (κ3) is 11.5. The highest BCUT2D eigenvalue weighted by molar-refractivity contribution is 6.43. The number of amides is 2. The van der Waals surface area contributed by atoms with Crippen LogP contribution in [0.3, 0.4) is 0 Å². The third-order valence-corrected chi connectivity index (χ3v) is 11.2. The van der Waals surface area contributed by atoms with Gasteiger partial charge in [0.2, 0.25) is 12.3 Å². The number of benzene rings is 2. The van der Waals surface area contributed by atoms with Crippen LogP contribution in [0.4, 0.5) is 0 Å². The molecule has 0 saturated carbocycles. The molecule has 10 nitrogen and oxygen atoms in total. The number of carbonyl (C=O) groups excluding carboxylic acids is 2.